The summed E-state index contributed by atoms with van der Waals surface area (Å²) in [5.74, 6) is -1.53. The van der Waals surface area contributed by atoms with Crippen LogP contribution < -0.4 is 25.5 Å². The second-order valence-electron chi connectivity index (χ2n) is 6.02. The predicted octanol–water partition coefficient (Wildman–Crippen LogP) is 2.34. The maximum atomic E-state index is 12.1. The van der Waals surface area contributed by atoms with E-state index in [2.05, 4.69) is 21.2 Å². The number of hydrogen-bond acceptors (Lipinski definition) is 6. The van der Waals surface area contributed by atoms with Gasteiger partial charge in [-0.3, -0.25) is 14.4 Å². The molecule has 3 amide bonds. The van der Waals surface area contributed by atoms with Gasteiger partial charge in [0.15, 0.2) is 18.1 Å². The third-order valence-electron chi connectivity index (χ3n) is 3.66. The molecule has 9 nitrogen and oxygen atoms in total. The summed E-state index contributed by atoms with van der Waals surface area (Å²) < 4.78 is 11.1. The highest BCUT2D eigenvalue weighted by Crippen LogP contribution is 2.36. The lowest BCUT2D eigenvalue weighted by molar-refractivity contribution is -0.139. The molecule has 0 aliphatic carbocycles. The number of nitrogens with one attached hydrogen (secondary N) is 3. The van der Waals surface area contributed by atoms with Crippen molar-refractivity contribution in [1.82, 2.24) is 10.7 Å². The van der Waals surface area contributed by atoms with Crippen molar-refractivity contribution in [1.29, 1.82) is 0 Å². The number of para-hydroxylation sites is 1. The molecular weight excluding hydrogens is 424 g/mol. The van der Waals surface area contributed by atoms with Crippen molar-refractivity contribution in [2.45, 2.75) is 13.8 Å². The van der Waals surface area contributed by atoms with E-state index in [0.717, 1.165) is 0 Å². The molecule has 2 rings (SSSR count). The Balaban J connectivity index is 2.05. The SMILES string of the molecule is CCNC(=O)C(=O)N/N=C\c1cc(Cl)c(OCC(=O)Nc2ccccc2)c(OCC)c1. The summed E-state index contributed by atoms with van der Waals surface area (Å²) in [6.07, 6.45) is 1.30. The molecule has 0 unspecified atom stereocenters. The first-order chi connectivity index (χ1) is 14.9. The van der Waals surface area contributed by atoms with E-state index in [1.165, 1.54) is 12.3 Å². The minimum absolute atomic E-state index is 0.190. The molecule has 0 heterocycles. The predicted molar refractivity (Wildman–Crippen MR) is 118 cm³/mol. The first-order valence-electron chi connectivity index (χ1n) is 9.49. The van der Waals surface area contributed by atoms with Crippen LogP contribution in [0.15, 0.2) is 47.6 Å². The van der Waals surface area contributed by atoms with Gasteiger partial charge in [-0.2, -0.15) is 5.10 Å². The van der Waals surface area contributed by atoms with Crippen LogP contribution in [0.25, 0.3) is 0 Å². The number of benzene rings is 2. The molecule has 0 aliphatic rings. The molecular formula is C21H23ClN4O5. The molecule has 0 atom stereocenters. The molecule has 2 aromatic rings. The van der Waals surface area contributed by atoms with Crippen molar-refractivity contribution in [2.24, 2.45) is 5.10 Å². The highest BCUT2D eigenvalue weighted by molar-refractivity contribution is 6.35. The lowest BCUT2D eigenvalue weighted by atomic mass is 10.2. The normalized spacial score (nSPS) is 10.4. The zero-order chi connectivity index (χ0) is 22.6. The molecule has 164 valence electrons. The van der Waals surface area contributed by atoms with Gasteiger partial charge in [0, 0.05) is 12.2 Å². The average molecular weight is 447 g/mol. The van der Waals surface area contributed by atoms with E-state index >= 15 is 0 Å². The molecule has 0 aromatic heterocycles. The number of nitrogens with zero attached hydrogens (tertiary/aromatic N) is 1. The van der Waals surface area contributed by atoms with Crippen LogP contribution >= 0.6 is 11.6 Å². The standard InChI is InChI=1S/C21H23ClN4O5/c1-3-23-20(28)21(29)26-24-12-14-10-16(22)19(17(11-14)30-4-2)31-13-18(27)25-15-8-6-5-7-9-15/h5-12H,3-4,13H2,1-2H3,(H,23,28)(H,25,27)(H,26,29)/b24-12-. The largest absolute Gasteiger partial charge is 0.490 e. The van der Waals surface area contributed by atoms with Crippen LogP contribution in [-0.4, -0.2) is 43.7 Å². The van der Waals surface area contributed by atoms with Crippen LogP contribution in [0, 0.1) is 0 Å². The molecule has 0 aliphatic heterocycles. The Bertz CT molecular complexity index is 950. The van der Waals surface area contributed by atoms with Gasteiger partial charge in [-0.1, -0.05) is 29.8 Å². The molecule has 0 bridgehead atoms. The van der Waals surface area contributed by atoms with Gasteiger partial charge in [0.2, 0.25) is 0 Å². The van der Waals surface area contributed by atoms with Crippen LogP contribution in [0.5, 0.6) is 11.5 Å². The topological polar surface area (TPSA) is 118 Å². The van der Waals surface area contributed by atoms with Crippen molar-refractivity contribution >= 4 is 41.2 Å². The molecule has 0 radical (unpaired) electrons. The van der Waals surface area contributed by atoms with Crippen LogP contribution in [0.3, 0.4) is 0 Å². The maximum Gasteiger partial charge on any atom is 0.329 e. The van der Waals surface area contributed by atoms with Gasteiger partial charge >= 0.3 is 11.8 Å². The summed E-state index contributed by atoms with van der Waals surface area (Å²) in [5, 5.41) is 8.99. The zero-order valence-corrected chi connectivity index (χ0v) is 17.9. The smallest absolute Gasteiger partial charge is 0.329 e. The van der Waals surface area contributed by atoms with E-state index in [9.17, 15) is 14.4 Å². The van der Waals surface area contributed by atoms with Gasteiger partial charge in [-0.25, -0.2) is 5.43 Å². The Morgan fingerprint density at radius 1 is 1.06 bits per heavy atom. The number of amides is 3. The molecule has 0 spiro atoms. The van der Waals surface area contributed by atoms with E-state index in [1.807, 2.05) is 6.07 Å². The van der Waals surface area contributed by atoms with Crippen molar-refractivity contribution in [3.05, 3.63) is 53.1 Å². The number of hydrazone groups is 1. The molecule has 10 heteroatoms. The quantitative estimate of drug-likeness (QED) is 0.310. The third-order valence-corrected chi connectivity index (χ3v) is 3.94. The first-order valence-corrected chi connectivity index (χ1v) is 9.87. The fourth-order valence-electron chi connectivity index (χ4n) is 2.38. The van der Waals surface area contributed by atoms with E-state index in [0.29, 0.717) is 30.2 Å². The number of carbonyl (C=O) groups is 3. The number of rotatable bonds is 9. The van der Waals surface area contributed by atoms with Crippen molar-refractivity contribution in [3.8, 4) is 11.5 Å². The number of ether oxygens (including phenoxy) is 2. The average Bonchev–Trinajstić information content (AvgIpc) is 2.74. The van der Waals surface area contributed by atoms with Crippen LogP contribution in [0.4, 0.5) is 5.69 Å². The summed E-state index contributed by atoms with van der Waals surface area (Å²) in [5.41, 5.74) is 3.25. The molecule has 3 N–H and O–H groups in total. The molecule has 31 heavy (non-hydrogen) atoms. The van der Waals surface area contributed by atoms with Gasteiger partial charge in [0.1, 0.15) is 0 Å². The van der Waals surface area contributed by atoms with Crippen LogP contribution in [0.2, 0.25) is 5.02 Å². The van der Waals surface area contributed by atoms with Gasteiger partial charge < -0.3 is 20.1 Å². The van der Waals surface area contributed by atoms with Crippen LogP contribution in [0.1, 0.15) is 19.4 Å². The zero-order valence-electron chi connectivity index (χ0n) is 17.1. The second kappa shape index (κ2) is 12.2. The highest BCUT2D eigenvalue weighted by atomic mass is 35.5. The maximum absolute atomic E-state index is 12.1. The van der Waals surface area contributed by atoms with E-state index in [1.54, 1.807) is 44.2 Å². The number of carbonyl (C=O) groups excluding carboxylic acids is 3. The number of hydrogen-bond donors (Lipinski definition) is 3. The highest BCUT2D eigenvalue weighted by Gasteiger charge is 2.15. The Hall–Kier alpha value is -3.59. The van der Waals surface area contributed by atoms with Crippen molar-refractivity contribution in [2.75, 3.05) is 25.1 Å². The Labute approximate surface area is 184 Å². The van der Waals surface area contributed by atoms with Gasteiger partial charge in [0.25, 0.3) is 5.91 Å². The minimum Gasteiger partial charge on any atom is -0.490 e. The number of likely N-dealkylation sites (N-methyl/N-ethyl adjacent to an activating group) is 1. The van der Waals surface area contributed by atoms with Gasteiger partial charge in [-0.05, 0) is 43.7 Å². The lowest BCUT2D eigenvalue weighted by Gasteiger charge is -2.14. The van der Waals surface area contributed by atoms with Gasteiger partial charge in [0.05, 0.1) is 17.8 Å². The fourth-order valence-corrected chi connectivity index (χ4v) is 2.65. The fraction of sp³-hybridized carbons (Fsp3) is 0.238. The Kier molecular flexibility index (Phi) is 9.31. The monoisotopic (exact) mass is 446 g/mol. The number of anilines is 1. The Morgan fingerprint density at radius 3 is 2.48 bits per heavy atom. The number of halogens is 1. The lowest BCUT2D eigenvalue weighted by Crippen LogP contribution is -2.37. The van der Waals surface area contributed by atoms with E-state index in [4.69, 9.17) is 21.1 Å². The third kappa shape index (κ3) is 7.63. The van der Waals surface area contributed by atoms with E-state index in [-0.39, 0.29) is 23.3 Å². The van der Waals surface area contributed by atoms with E-state index < -0.39 is 11.8 Å². The second-order valence-corrected chi connectivity index (χ2v) is 6.43. The van der Waals surface area contributed by atoms with Crippen molar-refractivity contribution in [3.63, 3.8) is 0 Å². The van der Waals surface area contributed by atoms with Crippen molar-refractivity contribution < 1.29 is 23.9 Å². The minimum atomic E-state index is -0.890. The summed E-state index contributed by atoms with van der Waals surface area (Å²) >= 11 is 6.30. The van der Waals surface area contributed by atoms with Crippen LogP contribution in [-0.2, 0) is 14.4 Å². The van der Waals surface area contributed by atoms with Gasteiger partial charge in [-0.15, -0.1) is 0 Å². The summed E-state index contributed by atoms with van der Waals surface area (Å²) in [6, 6.07) is 12.1. The Morgan fingerprint density at radius 2 is 1.81 bits per heavy atom. The summed E-state index contributed by atoms with van der Waals surface area (Å²) in [6.45, 7) is 3.87. The molecule has 0 fully saturated rings. The molecule has 0 saturated heterocycles. The first kappa shape index (κ1) is 23.7. The molecule has 0 saturated carbocycles. The summed E-state index contributed by atoms with van der Waals surface area (Å²) in [7, 11) is 0. The summed E-state index contributed by atoms with van der Waals surface area (Å²) in [4.78, 5) is 35.1. The molecule has 2 aromatic carbocycles.